The third kappa shape index (κ3) is 4.19. The molecule has 0 radical (unpaired) electrons. The maximum atomic E-state index is 13.5. The number of sulfone groups is 1. The van der Waals surface area contributed by atoms with Crippen LogP contribution in [0.5, 0.6) is 5.75 Å². The van der Waals surface area contributed by atoms with Gasteiger partial charge < -0.3 is 9.64 Å². The van der Waals surface area contributed by atoms with Gasteiger partial charge in [0.25, 0.3) is 5.91 Å². The second-order valence-electron chi connectivity index (χ2n) is 8.46. The van der Waals surface area contributed by atoms with Crippen molar-refractivity contribution in [3.05, 3.63) is 71.8 Å². The fraction of sp³-hybridized carbons (Fsp3) is 0.261. The van der Waals surface area contributed by atoms with E-state index in [1.165, 1.54) is 4.90 Å². The van der Waals surface area contributed by atoms with Crippen LogP contribution in [-0.4, -0.2) is 56.9 Å². The number of hydrogen-bond acceptors (Lipinski definition) is 6. The summed E-state index contributed by atoms with van der Waals surface area (Å²) in [5.41, 5.74) is 1.91. The Kier molecular flexibility index (Phi) is 5.54. The van der Waals surface area contributed by atoms with E-state index in [-0.39, 0.29) is 29.3 Å². The first kappa shape index (κ1) is 23.9. The second kappa shape index (κ2) is 8.36. The van der Waals surface area contributed by atoms with Gasteiger partial charge in [-0.2, -0.15) is 18.3 Å². The van der Waals surface area contributed by atoms with Crippen LogP contribution in [0.4, 0.5) is 13.2 Å². The highest BCUT2D eigenvalue weighted by Gasteiger charge is 2.39. The molecule has 0 fully saturated rings. The van der Waals surface area contributed by atoms with Gasteiger partial charge in [-0.15, -0.1) is 0 Å². The lowest BCUT2D eigenvalue weighted by atomic mass is 10.1. The number of aromatic nitrogens is 4. The summed E-state index contributed by atoms with van der Waals surface area (Å²) >= 11 is 0. The number of hydrogen-bond donors (Lipinski definition) is 0. The van der Waals surface area contributed by atoms with Crippen LogP contribution in [0.25, 0.3) is 11.5 Å². The fourth-order valence-electron chi connectivity index (χ4n) is 4.03. The molecule has 0 aliphatic carbocycles. The molecule has 3 aromatic heterocycles. The molecule has 4 heterocycles. The van der Waals surface area contributed by atoms with Crippen molar-refractivity contribution in [3.63, 3.8) is 0 Å². The van der Waals surface area contributed by atoms with Gasteiger partial charge in [0, 0.05) is 30.8 Å². The van der Waals surface area contributed by atoms with Crippen molar-refractivity contribution in [3.8, 4) is 11.6 Å². The number of ether oxygens (including phenoxy) is 1. The van der Waals surface area contributed by atoms with Crippen molar-refractivity contribution < 1.29 is 31.1 Å². The van der Waals surface area contributed by atoms with Crippen molar-refractivity contribution in [2.45, 2.75) is 37.2 Å². The topological polar surface area (TPSA) is 98.8 Å². The summed E-state index contributed by atoms with van der Waals surface area (Å²) in [7, 11) is -3.73. The van der Waals surface area contributed by atoms with Gasteiger partial charge in [-0.25, -0.2) is 18.1 Å². The van der Waals surface area contributed by atoms with Crippen LogP contribution in [0.3, 0.4) is 0 Å². The zero-order valence-corrected chi connectivity index (χ0v) is 19.9. The number of carbonyl (C=O) groups excluding carboxylic acids is 1. The van der Waals surface area contributed by atoms with Gasteiger partial charge >= 0.3 is 6.18 Å². The number of amides is 1. The van der Waals surface area contributed by atoms with Crippen molar-refractivity contribution in [1.82, 2.24) is 24.1 Å². The van der Waals surface area contributed by atoms with Crippen LogP contribution >= 0.6 is 0 Å². The molecule has 0 saturated heterocycles. The summed E-state index contributed by atoms with van der Waals surface area (Å²) in [6.07, 6.45) is -0.874. The van der Waals surface area contributed by atoms with Crippen LogP contribution in [-0.2, 0) is 22.9 Å². The SMILES string of the molecule is CC(Oc1ccc(S(C)(=O)=O)cc1C(=O)N1Cc2cnn(-c3cccc4nccn34)c2C1)C(F)(F)F. The minimum atomic E-state index is -4.67. The minimum absolute atomic E-state index is 0.108. The van der Waals surface area contributed by atoms with Crippen LogP contribution in [0.15, 0.2) is 59.9 Å². The number of imidazole rings is 1. The first-order valence-electron chi connectivity index (χ1n) is 10.8. The Morgan fingerprint density at radius 2 is 1.94 bits per heavy atom. The van der Waals surface area contributed by atoms with Crippen molar-refractivity contribution in [1.29, 1.82) is 0 Å². The lowest BCUT2D eigenvalue weighted by Crippen LogP contribution is -2.33. The minimum Gasteiger partial charge on any atom is -0.480 e. The Bertz CT molecular complexity index is 1590. The Balaban J connectivity index is 1.49. The number of halogens is 3. The fourth-order valence-corrected chi connectivity index (χ4v) is 4.68. The predicted octanol–water partition coefficient (Wildman–Crippen LogP) is 3.41. The molecule has 1 amide bonds. The number of benzene rings is 1. The molecule has 1 unspecified atom stereocenters. The Morgan fingerprint density at radius 3 is 2.67 bits per heavy atom. The Morgan fingerprint density at radius 1 is 1.17 bits per heavy atom. The summed E-state index contributed by atoms with van der Waals surface area (Å²) < 4.78 is 72.1. The summed E-state index contributed by atoms with van der Waals surface area (Å²) in [6.45, 7) is 1.07. The van der Waals surface area contributed by atoms with Crippen LogP contribution < -0.4 is 4.74 Å². The van der Waals surface area contributed by atoms with Crippen molar-refractivity contribution >= 4 is 21.4 Å². The lowest BCUT2D eigenvalue weighted by Gasteiger charge is -2.22. The van der Waals surface area contributed by atoms with E-state index < -0.39 is 28.0 Å². The van der Waals surface area contributed by atoms with E-state index in [9.17, 15) is 26.4 Å². The number of nitrogens with zero attached hydrogens (tertiary/aromatic N) is 5. The van der Waals surface area contributed by atoms with Gasteiger partial charge in [-0.3, -0.25) is 9.20 Å². The van der Waals surface area contributed by atoms with Crippen molar-refractivity contribution in [2.24, 2.45) is 0 Å². The number of alkyl halides is 3. The third-order valence-electron chi connectivity index (χ3n) is 5.94. The van der Waals surface area contributed by atoms with Gasteiger partial charge in [0.15, 0.2) is 15.9 Å². The maximum absolute atomic E-state index is 13.5. The van der Waals surface area contributed by atoms with Gasteiger partial charge in [0.05, 0.1) is 28.9 Å². The molecule has 1 aliphatic heterocycles. The van der Waals surface area contributed by atoms with E-state index in [4.69, 9.17) is 4.74 Å². The summed E-state index contributed by atoms with van der Waals surface area (Å²) in [4.78, 5) is 19.0. The van der Waals surface area contributed by atoms with Gasteiger partial charge in [-0.1, -0.05) is 6.07 Å². The molecular weight excluding hydrogens is 499 g/mol. The molecule has 1 aromatic carbocycles. The van der Waals surface area contributed by atoms with E-state index in [1.54, 1.807) is 23.3 Å². The zero-order valence-electron chi connectivity index (χ0n) is 19.1. The van der Waals surface area contributed by atoms with Crippen molar-refractivity contribution in [2.75, 3.05) is 6.26 Å². The largest absolute Gasteiger partial charge is 0.480 e. The first-order valence-corrected chi connectivity index (χ1v) is 12.7. The molecule has 0 saturated carbocycles. The van der Waals surface area contributed by atoms with E-state index in [0.717, 1.165) is 42.6 Å². The average molecular weight is 520 g/mol. The molecule has 188 valence electrons. The highest BCUT2D eigenvalue weighted by atomic mass is 32.2. The molecule has 13 heteroatoms. The van der Waals surface area contributed by atoms with E-state index >= 15 is 0 Å². The zero-order chi connectivity index (χ0) is 25.8. The Hall–Kier alpha value is -3.87. The standard InChI is InChI=1S/C23H20F3N5O4S/c1-14(23(24,25)26)35-19-7-6-16(36(2,33)34)10-17(19)22(32)29-12-15-11-28-31(18(15)13-29)21-5-3-4-20-27-8-9-30(20)21/h3-11,14H,12-13H2,1-2H3. The predicted molar refractivity (Wildman–Crippen MR) is 122 cm³/mol. The molecule has 36 heavy (non-hydrogen) atoms. The molecular formula is C23H20F3N5O4S. The van der Waals surface area contributed by atoms with Gasteiger partial charge in [0.1, 0.15) is 17.2 Å². The third-order valence-corrected chi connectivity index (χ3v) is 7.05. The monoisotopic (exact) mass is 519 g/mol. The normalized spacial score (nSPS) is 14.8. The lowest BCUT2D eigenvalue weighted by molar-refractivity contribution is -0.189. The van der Waals surface area contributed by atoms with Gasteiger partial charge in [-0.05, 0) is 37.3 Å². The molecule has 0 N–H and O–H groups in total. The summed E-state index contributed by atoms with van der Waals surface area (Å²) in [5.74, 6) is -0.311. The number of pyridine rings is 1. The maximum Gasteiger partial charge on any atom is 0.425 e. The molecule has 1 atom stereocenters. The van der Waals surface area contributed by atoms with Crippen LogP contribution in [0, 0.1) is 0 Å². The second-order valence-corrected chi connectivity index (χ2v) is 10.5. The highest BCUT2D eigenvalue weighted by molar-refractivity contribution is 7.90. The highest BCUT2D eigenvalue weighted by Crippen LogP contribution is 2.32. The molecule has 9 nitrogen and oxygen atoms in total. The van der Waals surface area contributed by atoms with E-state index in [1.807, 2.05) is 22.6 Å². The number of fused-ring (bicyclic) bond motifs is 2. The quantitative estimate of drug-likeness (QED) is 0.401. The van der Waals surface area contributed by atoms with Gasteiger partial charge in [0.2, 0.25) is 0 Å². The Labute approximate surface area is 203 Å². The number of carbonyl (C=O) groups is 1. The molecule has 0 bridgehead atoms. The molecule has 4 aromatic rings. The number of rotatable bonds is 5. The molecule has 0 spiro atoms. The van der Waals surface area contributed by atoms with E-state index in [0.29, 0.717) is 11.5 Å². The van der Waals surface area contributed by atoms with E-state index in [2.05, 4.69) is 10.1 Å². The first-order chi connectivity index (χ1) is 16.9. The molecule has 5 rings (SSSR count). The average Bonchev–Trinajstić information content (AvgIpc) is 3.53. The molecule has 1 aliphatic rings. The van der Waals surface area contributed by atoms with Crippen LogP contribution in [0.2, 0.25) is 0 Å². The summed E-state index contributed by atoms with van der Waals surface area (Å²) in [5, 5.41) is 4.44. The summed E-state index contributed by atoms with van der Waals surface area (Å²) in [6, 6.07) is 8.75. The smallest absolute Gasteiger partial charge is 0.425 e. The van der Waals surface area contributed by atoms with Crippen LogP contribution in [0.1, 0.15) is 28.5 Å².